The first-order chi connectivity index (χ1) is 21.8. The first-order valence-electron chi connectivity index (χ1n) is 17.2. The molecule has 0 saturated carbocycles. The van der Waals surface area contributed by atoms with E-state index in [1.165, 1.54) is 46.2 Å². The third-order valence-corrected chi connectivity index (χ3v) is 7.14. The van der Waals surface area contributed by atoms with Crippen LogP contribution in [0.25, 0.3) is 0 Å². The molecule has 0 bridgehead atoms. The molecule has 0 aliphatic rings. The SMILES string of the molecule is COc1ccc(CC(C)C)cc1.COc1ccc(CC(C)C)cc1.Cc1ccc(CC(C)C)cc1.Cc1ccc(CC(C)C)cc1. The molecule has 2 heteroatoms. The Balaban J connectivity index is 0.000000307. The number of aryl methyl sites for hydroxylation is 2. The van der Waals surface area contributed by atoms with Crippen molar-refractivity contribution >= 4 is 0 Å². The molecule has 4 aromatic carbocycles. The highest BCUT2D eigenvalue weighted by atomic mass is 16.5. The smallest absolute Gasteiger partial charge is 0.118 e. The summed E-state index contributed by atoms with van der Waals surface area (Å²) in [6.45, 7) is 22.2. The van der Waals surface area contributed by atoms with Gasteiger partial charge in [0.25, 0.3) is 0 Å². The second-order valence-corrected chi connectivity index (χ2v) is 14.1. The van der Waals surface area contributed by atoms with Gasteiger partial charge in [-0.1, -0.05) is 139 Å². The zero-order valence-corrected chi connectivity index (χ0v) is 31.2. The molecular weight excluding hydrogens is 560 g/mol. The number of rotatable bonds is 10. The van der Waals surface area contributed by atoms with E-state index in [2.05, 4.69) is 142 Å². The van der Waals surface area contributed by atoms with Gasteiger partial charge in [0.2, 0.25) is 0 Å². The van der Waals surface area contributed by atoms with Crippen LogP contribution in [-0.4, -0.2) is 14.2 Å². The van der Waals surface area contributed by atoms with Crippen molar-refractivity contribution in [2.24, 2.45) is 23.7 Å². The van der Waals surface area contributed by atoms with Crippen molar-refractivity contribution in [1.29, 1.82) is 0 Å². The Morgan fingerprint density at radius 2 is 0.543 bits per heavy atom. The molecular formula is C44H64O2. The summed E-state index contributed by atoms with van der Waals surface area (Å²) in [4.78, 5) is 0. The average Bonchev–Trinajstić information content (AvgIpc) is 3.00. The number of hydrogen-bond acceptors (Lipinski definition) is 2. The van der Waals surface area contributed by atoms with Gasteiger partial charge in [0.1, 0.15) is 11.5 Å². The normalized spacial score (nSPS) is 10.4. The van der Waals surface area contributed by atoms with E-state index in [9.17, 15) is 0 Å². The predicted octanol–water partition coefficient (Wildman–Crippen LogP) is 12.2. The Morgan fingerprint density at radius 3 is 0.717 bits per heavy atom. The molecule has 0 aliphatic carbocycles. The summed E-state index contributed by atoms with van der Waals surface area (Å²) in [7, 11) is 3.38. The fourth-order valence-electron chi connectivity index (χ4n) is 4.86. The molecule has 0 radical (unpaired) electrons. The lowest BCUT2D eigenvalue weighted by Gasteiger charge is -2.05. The van der Waals surface area contributed by atoms with Crippen LogP contribution in [0.15, 0.2) is 97.1 Å². The molecule has 0 aromatic heterocycles. The van der Waals surface area contributed by atoms with Gasteiger partial charge in [0.05, 0.1) is 14.2 Å². The minimum atomic E-state index is 0.721. The summed E-state index contributed by atoms with van der Waals surface area (Å²) < 4.78 is 10.1. The lowest BCUT2D eigenvalue weighted by atomic mass is 10.0. The number of methoxy groups -OCH3 is 2. The molecule has 2 nitrogen and oxygen atoms in total. The standard InChI is InChI=1S/2C11H16O.2C11H16/c2*1-9(2)8-10-4-6-11(12-3)7-5-10;2*1-9(2)8-11-6-4-10(3)5-7-11/h2*4-7,9H,8H2,1-3H3;2*4-7,9H,8H2,1-3H3. The van der Waals surface area contributed by atoms with Crippen molar-refractivity contribution in [2.75, 3.05) is 14.2 Å². The maximum Gasteiger partial charge on any atom is 0.118 e. The molecule has 0 unspecified atom stereocenters. The van der Waals surface area contributed by atoms with Crippen molar-refractivity contribution in [3.05, 3.63) is 130 Å². The van der Waals surface area contributed by atoms with E-state index in [1.807, 2.05) is 24.3 Å². The second-order valence-electron chi connectivity index (χ2n) is 14.1. The topological polar surface area (TPSA) is 18.5 Å². The molecule has 252 valence electrons. The van der Waals surface area contributed by atoms with Crippen LogP contribution in [0.5, 0.6) is 11.5 Å². The third kappa shape index (κ3) is 19.8. The fraction of sp³-hybridized carbons (Fsp3) is 0.455. The number of ether oxygens (including phenoxy) is 2. The first kappa shape index (κ1) is 40.5. The third-order valence-electron chi connectivity index (χ3n) is 7.14. The summed E-state index contributed by atoms with van der Waals surface area (Å²) in [5, 5.41) is 0. The van der Waals surface area contributed by atoms with Crippen LogP contribution in [-0.2, 0) is 25.7 Å². The highest BCUT2D eigenvalue weighted by Crippen LogP contribution is 2.15. The lowest BCUT2D eigenvalue weighted by Crippen LogP contribution is -1.93. The molecule has 0 heterocycles. The highest BCUT2D eigenvalue weighted by molar-refractivity contribution is 5.28. The highest BCUT2D eigenvalue weighted by Gasteiger charge is 1.99. The van der Waals surface area contributed by atoms with Crippen molar-refractivity contribution in [1.82, 2.24) is 0 Å². The fourth-order valence-corrected chi connectivity index (χ4v) is 4.86. The van der Waals surface area contributed by atoms with Crippen LogP contribution >= 0.6 is 0 Å². The van der Waals surface area contributed by atoms with Gasteiger partial charge < -0.3 is 9.47 Å². The number of hydrogen-bond donors (Lipinski definition) is 0. The van der Waals surface area contributed by atoms with Gasteiger partial charge in [-0.15, -0.1) is 0 Å². The molecule has 0 N–H and O–H groups in total. The second kappa shape index (κ2) is 22.9. The lowest BCUT2D eigenvalue weighted by molar-refractivity contribution is 0.414. The van der Waals surface area contributed by atoms with E-state index in [4.69, 9.17) is 9.47 Å². The van der Waals surface area contributed by atoms with Crippen molar-refractivity contribution < 1.29 is 9.47 Å². The predicted molar refractivity (Wildman–Crippen MR) is 203 cm³/mol. The molecule has 0 saturated heterocycles. The molecule has 0 atom stereocenters. The molecule has 4 rings (SSSR count). The Bertz CT molecular complexity index is 1180. The largest absolute Gasteiger partial charge is 0.497 e. The Kier molecular flexibility index (Phi) is 20.2. The van der Waals surface area contributed by atoms with Crippen molar-refractivity contribution in [3.63, 3.8) is 0 Å². The summed E-state index contributed by atoms with van der Waals surface area (Å²) in [5.41, 5.74) is 8.35. The summed E-state index contributed by atoms with van der Waals surface area (Å²) in [6.07, 6.45) is 4.68. The van der Waals surface area contributed by atoms with E-state index in [0.29, 0.717) is 0 Å². The van der Waals surface area contributed by atoms with Crippen molar-refractivity contribution in [3.8, 4) is 11.5 Å². The summed E-state index contributed by atoms with van der Waals surface area (Å²) in [5.74, 6) is 4.83. The minimum absolute atomic E-state index is 0.721. The average molecular weight is 625 g/mol. The van der Waals surface area contributed by atoms with Gasteiger partial charge in [0.15, 0.2) is 0 Å². The summed E-state index contributed by atoms with van der Waals surface area (Å²) >= 11 is 0. The molecule has 0 fully saturated rings. The summed E-state index contributed by atoms with van der Waals surface area (Å²) in [6, 6.07) is 34.1. The van der Waals surface area contributed by atoms with E-state index in [1.54, 1.807) is 14.2 Å². The van der Waals surface area contributed by atoms with Crippen LogP contribution in [0.3, 0.4) is 0 Å². The number of benzene rings is 4. The Hall–Kier alpha value is -3.52. The van der Waals surface area contributed by atoms with Crippen LogP contribution in [0.4, 0.5) is 0 Å². The van der Waals surface area contributed by atoms with E-state index >= 15 is 0 Å². The zero-order valence-electron chi connectivity index (χ0n) is 31.2. The van der Waals surface area contributed by atoms with Gasteiger partial charge >= 0.3 is 0 Å². The van der Waals surface area contributed by atoms with Crippen molar-refractivity contribution in [2.45, 2.75) is 94.9 Å². The van der Waals surface area contributed by atoms with Crippen LogP contribution in [0, 0.1) is 37.5 Å². The Morgan fingerprint density at radius 1 is 0.348 bits per heavy atom. The molecule has 4 aromatic rings. The minimum Gasteiger partial charge on any atom is -0.497 e. The maximum atomic E-state index is 5.07. The molecule has 0 aliphatic heterocycles. The van der Waals surface area contributed by atoms with Gasteiger partial charge in [0, 0.05) is 0 Å². The monoisotopic (exact) mass is 624 g/mol. The first-order valence-corrected chi connectivity index (χ1v) is 17.2. The van der Waals surface area contributed by atoms with Gasteiger partial charge in [-0.2, -0.15) is 0 Å². The molecule has 0 spiro atoms. The van der Waals surface area contributed by atoms with Gasteiger partial charge in [-0.05, 0) is 110 Å². The van der Waals surface area contributed by atoms with E-state index in [0.717, 1.165) is 48.0 Å². The van der Waals surface area contributed by atoms with E-state index < -0.39 is 0 Å². The quantitative estimate of drug-likeness (QED) is 0.175. The zero-order chi connectivity index (χ0) is 34.5. The maximum absolute atomic E-state index is 5.07. The van der Waals surface area contributed by atoms with Crippen LogP contribution in [0.2, 0.25) is 0 Å². The van der Waals surface area contributed by atoms with Crippen LogP contribution in [0.1, 0.15) is 88.8 Å². The van der Waals surface area contributed by atoms with Gasteiger partial charge in [-0.25, -0.2) is 0 Å². The van der Waals surface area contributed by atoms with Crippen LogP contribution < -0.4 is 9.47 Å². The van der Waals surface area contributed by atoms with E-state index in [-0.39, 0.29) is 0 Å². The van der Waals surface area contributed by atoms with Gasteiger partial charge in [-0.3, -0.25) is 0 Å². The molecule has 0 amide bonds. The Labute approximate surface area is 283 Å². The molecule has 46 heavy (non-hydrogen) atoms.